The van der Waals surface area contributed by atoms with Gasteiger partial charge in [-0.15, -0.1) is 0 Å². The third-order valence-corrected chi connectivity index (χ3v) is 4.90. The number of rotatable bonds is 6. The Bertz CT molecular complexity index is 211. The van der Waals surface area contributed by atoms with E-state index in [4.69, 9.17) is 5.73 Å². The van der Waals surface area contributed by atoms with E-state index in [0.717, 1.165) is 18.5 Å². The molecular weight excluding hydrogens is 208 g/mol. The number of hydrogen-bond acceptors (Lipinski definition) is 2. The summed E-state index contributed by atoms with van der Waals surface area (Å²) in [7, 11) is 0. The van der Waals surface area contributed by atoms with E-state index in [9.17, 15) is 0 Å². The van der Waals surface area contributed by atoms with Crippen molar-refractivity contribution in [1.29, 1.82) is 0 Å². The Balaban J connectivity index is 1.71. The summed E-state index contributed by atoms with van der Waals surface area (Å²) in [6.45, 7) is 5.81. The normalized spacial score (nSPS) is 28.9. The molecule has 1 heterocycles. The van der Waals surface area contributed by atoms with Gasteiger partial charge in [-0.1, -0.05) is 19.8 Å². The first-order valence-corrected chi connectivity index (χ1v) is 7.75. The van der Waals surface area contributed by atoms with E-state index in [2.05, 4.69) is 11.8 Å². The minimum atomic E-state index is 0.711. The highest BCUT2D eigenvalue weighted by Crippen LogP contribution is 2.35. The topological polar surface area (TPSA) is 29.3 Å². The second-order valence-electron chi connectivity index (χ2n) is 6.27. The molecule has 1 saturated carbocycles. The Morgan fingerprint density at radius 2 is 1.94 bits per heavy atom. The third-order valence-electron chi connectivity index (χ3n) is 4.90. The minimum absolute atomic E-state index is 0.711. The van der Waals surface area contributed by atoms with Crippen LogP contribution in [-0.2, 0) is 0 Å². The molecule has 17 heavy (non-hydrogen) atoms. The van der Waals surface area contributed by atoms with Crippen molar-refractivity contribution in [3.63, 3.8) is 0 Å². The summed E-state index contributed by atoms with van der Waals surface area (Å²) in [5, 5.41) is 0. The molecule has 2 fully saturated rings. The van der Waals surface area contributed by atoms with E-state index < -0.39 is 0 Å². The van der Waals surface area contributed by atoms with Crippen molar-refractivity contribution in [3.05, 3.63) is 0 Å². The minimum Gasteiger partial charge on any atom is -0.330 e. The van der Waals surface area contributed by atoms with E-state index in [1.54, 1.807) is 0 Å². The monoisotopic (exact) mass is 238 g/mol. The maximum Gasteiger partial charge on any atom is 0.0124 e. The van der Waals surface area contributed by atoms with Crippen LogP contribution in [0.5, 0.6) is 0 Å². The van der Waals surface area contributed by atoms with Crippen LogP contribution >= 0.6 is 0 Å². The molecular formula is C15H30N2. The Labute approximate surface area is 107 Å². The molecule has 0 aromatic carbocycles. The highest BCUT2D eigenvalue weighted by atomic mass is 15.2. The molecule has 0 aromatic rings. The first-order chi connectivity index (χ1) is 8.31. The van der Waals surface area contributed by atoms with Gasteiger partial charge < -0.3 is 10.6 Å². The van der Waals surface area contributed by atoms with Crippen LogP contribution in [0, 0.1) is 11.8 Å². The highest BCUT2D eigenvalue weighted by Gasteiger charge is 2.32. The maximum atomic E-state index is 5.68. The van der Waals surface area contributed by atoms with Crippen LogP contribution in [0.1, 0.15) is 58.3 Å². The number of nitrogens with zero attached hydrogens (tertiary/aromatic N) is 1. The summed E-state index contributed by atoms with van der Waals surface area (Å²) in [6.07, 6.45) is 11.5. The van der Waals surface area contributed by atoms with Crippen LogP contribution < -0.4 is 5.73 Å². The van der Waals surface area contributed by atoms with Crippen LogP contribution in [0.4, 0.5) is 0 Å². The molecule has 0 amide bonds. The largest absolute Gasteiger partial charge is 0.330 e. The van der Waals surface area contributed by atoms with Crippen molar-refractivity contribution in [3.8, 4) is 0 Å². The van der Waals surface area contributed by atoms with E-state index in [-0.39, 0.29) is 0 Å². The second-order valence-corrected chi connectivity index (χ2v) is 6.27. The van der Waals surface area contributed by atoms with Gasteiger partial charge in [0.1, 0.15) is 0 Å². The molecule has 2 unspecified atom stereocenters. The zero-order valence-electron chi connectivity index (χ0n) is 11.5. The Morgan fingerprint density at radius 3 is 2.65 bits per heavy atom. The van der Waals surface area contributed by atoms with Crippen LogP contribution in [-0.4, -0.2) is 30.6 Å². The first-order valence-electron chi connectivity index (χ1n) is 7.75. The average Bonchev–Trinajstić information content (AvgIpc) is 2.98. The van der Waals surface area contributed by atoms with Gasteiger partial charge in [-0.05, 0) is 70.0 Å². The molecule has 0 aromatic heterocycles. The summed E-state index contributed by atoms with van der Waals surface area (Å²) in [5.41, 5.74) is 5.68. The Kier molecular flexibility index (Phi) is 5.30. The van der Waals surface area contributed by atoms with Crippen LogP contribution in [0.2, 0.25) is 0 Å². The van der Waals surface area contributed by atoms with Crippen molar-refractivity contribution in [1.82, 2.24) is 4.90 Å². The SMILES string of the molecule is CC(CN)CCCN1CCCC1C1CCCC1. The molecule has 1 saturated heterocycles. The third kappa shape index (κ3) is 3.69. The van der Waals surface area contributed by atoms with Gasteiger partial charge in [-0.25, -0.2) is 0 Å². The average molecular weight is 238 g/mol. The molecule has 2 nitrogen and oxygen atoms in total. The van der Waals surface area contributed by atoms with Crippen molar-refractivity contribution >= 4 is 0 Å². The Morgan fingerprint density at radius 1 is 1.18 bits per heavy atom. The lowest BCUT2D eigenvalue weighted by atomic mass is 9.95. The van der Waals surface area contributed by atoms with Gasteiger partial charge in [0.25, 0.3) is 0 Å². The zero-order chi connectivity index (χ0) is 12.1. The molecule has 2 aliphatic rings. The Hall–Kier alpha value is -0.0800. The predicted molar refractivity (Wildman–Crippen MR) is 74.0 cm³/mol. The van der Waals surface area contributed by atoms with Gasteiger partial charge in [0.15, 0.2) is 0 Å². The van der Waals surface area contributed by atoms with Crippen LogP contribution in [0.25, 0.3) is 0 Å². The second kappa shape index (κ2) is 6.75. The van der Waals surface area contributed by atoms with Crippen LogP contribution in [0.15, 0.2) is 0 Å². The first kappa shape index (κ1) is 13.4. The lowest BCUT2D eigenvalue weighted by molar-refractivity contribution is 0.185. The van der Waals surface area contributed by atoms with Gasteiger partial charge in [-0.2, -0.15) is 0 Å². The predicted octanol–water partition coefficient (Wildman–Crippen LogP) is 3.02. The summed E-state index contributed by atoms with van der Waals surface area (Å²) in [6, 6.07) is 0.936. The van der Waals surface area contributed by atoms with Gasteiger partial charge in [-0.3, -0.25) is 0 Å². The van der Waals surface area contributed by atoms with E-state index in [1.165, 1.54) is 64.5 Å². The lowest BCUT2D eigenvalue weighted by Gasteiger charge is -2.29. The molecule has 2 N–H and O–H groups in total. The lowest BCUT2D eigenvalue weighted by Crippen LogP contribution is -2.35. The summed E-state index contributed by atoms with van der Waals surface area (Å²) < 4.78 is 0. The number of likely N-dealkylation sites (tertiary alicyclic amines) is 1. The maximum absolute atomic E-state index is 5.68. The molecule has 100 valence electrons. The quantitative estimate of drug-likeness (QED) is 0.771. The van der Waals surface area contributed by atoms with Gasteiger partial charge >= 0.3 is 0 Å². The molecule has 0 bridgehead atoms. The summed E-state index contributed by atoms with van der Waals surface area (Å²) in [5.74, 6) is 1.74. The van der Waals surface area contributed by atoms with Crippen LogP contribution in [0.3, 0.4) is 0 Å². The zero-order valence-corrected chi connectivity index (χ0v) is 11.5. The molecule has 2 atom stereocenters. The highest BCUT2D eigenvalue weighted by molar-refractivity contribution is 4.87. The van der Waals surface area contributed by atoms with Crippen molar-refractivity contribution in [2.24, 2.45) is 17.6 Å². The molecule has 2 rings (SSSR count). The van der Waals surface area contributed by atoms with E-state index >= 15 is 0 Å². The fraction of sp³-hybridized carbons (Fsp3) is 1.00. The molecule has 0 radical (unpaired) electrons. The molecule has 1 aliphatic carbocycles. The number of hydrogen-bond donors (Lipinski definition) is 1. The fourth-order valence-corrected chi connectivity index (χ4v) is 3.77. The van der Waals surface area contributed by atoms with Crippen molar-refractivity contribution in [2.45, 2.75) is 64.3 Å². The summed E-state index contributed by atoms with van der Waals surface area (Å²) >= 11 is 0. The molecule has 0 spiro atoms. The van der Waals surface area contributed by atoms with E-state index in [0.29, 0.717) is 5.92 Å². The van der Waals surface area contributed by atoms with Gasteiger partial charge in [0.2, 0.25) is 0 Å². The standard InChI is InChI=1S/C15H30N2/c1-13(12-16)6-4-10-17-11-5-9-15(17)14-7-2-3-8-14/h13-15H,2-12,16H2,1H3. The van der Waals surface area contributed by atoms with Gasteiger partial charge in [0.05, 0.1) is 0 Å². The van der Waals surface area contributed by atoms with Gasteiger partial charge in [0, 0.05) is 6.04 Å². The smallest absolute Gasteiger partial charge is 0.0124 e. The summed E-state index contributed by atoms with van der Waals surface area (Å²) in [4.78, 5) is 2.79. The van der Waals surface area contributed by atoms with E-state index in [1.807, 2.05) is 0 Å². The molecule has 1 aliphatic heterocycles. The number of nitrogens with two attached hydrogens (primary N) is 1. The fourth-order valence-electron chi connectivity index (χ4n) is 3.77. The van der Waals surface area contributed by atoms with Crippen molar-refractivity contribution in [2.75, 3.05) is 19.6 Å². The van der Waals surface area contributed by atoms with Crippen molar-refractivity contribution < 1.29 is 0 Å². The molecule has 2 heteroatoms.